The van der Waals surface area contributed by atoms with E-state index in [1.165, 1.54) is 5.56 Å². The molecule has 2 rings (SSSR count). The van der Waals surface area contributed by atoms with Gasteiger partial charge in [0.1, 0.15) is 5.01 Å². The molecule has 0 radical (unpaired) electrons. The fraction of sp³-hybridized carbons (Fsp3) is 0.333. The minimum atomic E-state index is -0.141. The third kappa shape index (κ3) is 3.90. The molecule has 5 heteroatoms. The maximum absolute atomic E-state index is 11.4. The summed E-state index contributed by atoms with van der Waals surface area (Å²) in [4.78, 5) is 15.7. The van der Waals surface area contributed by atoms with Crippen LogP contribution < -0.4 is 0 Å². The van der Waals surface area contributed by atoms with E-state index in [1.807, 2.05) is 13.1 Å². The summed E-state index contributed by atoms with van der Waals surface area (Å²) < 4.78 is 5.96. The van der Waals surface area contributed by atoms with Crippen LogP contribution in [-0.4, -0.2) is 17.6 Å². The van der Waals surface area contributed by atoms with Crippen molar-refractivity contribution >= 4 is 33.2 Å². The van der Waals surface area contributed by atoms with Gasteiger partial charge in [-0.05, 0) is 47.3 Å². The van der Waals surface area contributed by atoms with E-state index in [2.05, 4.69) is 46.0 Å². The van der Waals surface area contributed by atoms with Crippen LogP contribution in [0, 0.1) is 6.92 Å². The number of hydrogen-bond acceptors (Lipinski definition) is 4. The molecule has 0 unspecified atom stereocenters. The molecule has 20 heavy (non-hydrogen) atoms. The zero-order chi connectivity index (χ0) is 14.5. The Morgan fingerprint density at radius 2 is 2.25 bits per heavy atom. The summed E-state index contributed by atoms with van der Waals surface area (Å²) in [5.74, 6) is -0.141. The number of benzene rings is 1. The molecule has 1 aromatic carbocycles. The number of rotatable bonds is 5. The normalized spacial score (nSPS) is 10.6. The summed E-state index contributed by atoms with van der Waals surface area (Å²) in [6.07, 6.45) is 2.95. The molecule has 0 bridgehead atoms. The Hall–Kier alpha value is -1.20. The Labute approximate surface area is 131 Å². The number of aryl methyl sites for hydroxylation is 2. The molecule has 0 saturated carbocycles. The van der Waals surface area contributed by atoms with Crippen LogP contribution in [0.1, 0.15) is 24.5 Å². The molecule has 0 spiro atoms. The van der Waals surface area contributed by atoms with Gasteiger partial charge in [-0.1, -0.05) is 18.2 Å². The number of hydrogen-bond donors (Lipinski definition) is 0. The summed E-state index contributed by atoms with van der Waals surface area (Å²) in [7, 11) is 0. The molecule has 0 saturated heterocycles. The number of ether oxygens (including phenoxy) is 1. The number of thiazole rings is 1. The molecular formula is C15H16BrNO2S. The van der Waals surface area contributed by atoms with E-state index >= 15 is 0 Å². The summed E-state index contributed by atoms with van der Waals surface area (Å²) in [5.41, 5.74) is 3.46. The predicted molar refractivity (Wildman–Crippen MR) is 84.9 cm³/mol. The van der Waals surface area contributed by atoms with Gasteiger partial charge in [-0.25, -0.2) is 4.98 Å². The Bertz CT molecular complexity index is 610. The zero-order valence-corrected chi connectivity index (χ0v) is 13.9. The van der Waals surface area contributed by atoms with E-state index in [0.29, 0.717) is 19.4 Å². The van der Waals surface area contributed by atoms with Crippen LogP contribution in [0.2, 0.25) is 0 Å². The number of nitrogens with zero attached hydrogens (tertiary/aromatic N) is 1. The van der Waals surface area contributed by atoms with Crippen LogP contribution in [0.15, 0.2) is 28.2 Å². The largest absolute Gasteiger partial charge is 0.466 e. The molecule has 0 fully saturated rings. The number of aromatic nitrogens is 1. The van der Waals surface area contributed by atoms with Gasteiger partial charge in [0.2, 0.25) is 0 Å². The highest BCUT2D eigenvalue weighted by molar-refractivity contribution is 9.11. The second-order valence-corrected chi connectivity index (χ2v) is 6.83. The highest BCUT2D eigenvalue weighted by Gasteiger charge is 2.08. The van der Waals surface area contributed by atoms with E-state index in [9.17, 15) is 4.79 Å². The van der Waals surface area contributed by atoms with Gasteiger partial charge < -0.3 is 4.74 Å². The molecule has 2 aromatic rings. The zero-order valence-electron chi connectivity index (χ0n) is 11.5. The van der Waals surface area contributed by atoms with Crippen molar-refractivity contribution in [3.63, 3.8) is 0 Å². The van der Waals surface area contributed by atoms with E-state index in [1.54, 1.807) is 11.3 Å². The minimum absolute atomic E-state index is 0.141. The first-order chi connectivity index (χ1) is 9.60. The van der Waals surface area contributed by atoms with Crippen LogP contribution in [0.3, 0.4) is 0 Å². The molecule has 0 aliphatic heterocycles. The number of halogens is 1. The van der Waals surface area contributed by atoms with E-state index in [-0.39, 0.29) is 5.97 Å². The van der Waals surface area contributed by atoms with Gasteiger partial charge in [0, 0.05) is 12.0 Å². The molecule has 0 aliphatic rings. The van der Waals surface area contributed by atoms with Crippen molar-refractivity contribution in [2.75, 3.05) is 6.61 Å². The van der Waals surface area contributed by atoms with E-state index < -0.39 is 0 Å². The summed E-state index contributed by atoms with van der Waals surface area (Å²) in [6.45, 7) is 4.33. The van der Waals surface area contributed by atoms with Crippen molar-refractivity contribution in [3.05, 3.63) is 39.3 Å². The number of esters is 1. The van der Waals surface area contributed by atoms with Gasteiger partial charge in [0.15, 0.2) is 0 Å². The second kappa shape index (κ2) is 6.99. The first-order valence-electron chi connectivity index (χ1n) is 6.47. The highest BCUT2D eigenvalue weighted by Crippen LogP contribution is 2.31. The fourth-order valence-electron chi connectivity index (χ4n) is 1.98. The standard InChI is InChI=1S/C15H16BrNO2S/c1-3-19-14(18)7-5-11-4-6-12(10(2)8-11)15-17-9-13(16)20-15/h4,6,8-9H,3,5,7H2,1-2H3. The van der Waals surface area contributed by atoms with Gasteiger partial charge in [-0.3, -0.25) is 4.79 Å². The molecule has 1 aromatic heterocycles. The Kier molecular flexibility index (Phi) is 5.31. The Morgan fingerprint density at radius 3 is 2.85 bits per heavy atom. The van der Waals surface area contributed by atoms with Crippen molar-refractivity contribution in [2.45, 2.75) is 26.7 Å². The van der Waals surface area contributed by atoms with Gasteiger partial charge in [0.25, 0.3) is 0 Å². The topological polar surface area (TPSA) is 39.2 Å². The number of carbonyl (C=O) groups is 1. The lowest BCUT2D eigenvalue weighted by Gasteiger charge is -2.06. The Morgan fingerprint density at radius 1 is 1.45 bits per heavy atom. The summed E-state index contributed by atoms with van der Waals surface area (Å²) in [6, 6.07) is 6.24. The van der Waals surface area contributed by atoms with Crippen molar-refractivity contribution < 1.29 is 9.53 Å². The molecule has 1 heterocycles. The monoisotopic (exact) mass is 353 g/mol. The van der Waals surface area contributed by atoms with E-state index in [0.717, 1.165) is 19.9 Å². The quantitative estimate of drug-likeness (QED) is 0.748. The SMILES string of the molecule is CCOC(=O)CCc1ccc(-c2ncc(Br)s2)c(C)c1. The first kappa shape index (κ1) is 15.2. The maximum Gasteiger partial charge on any atom is 0.306 e. The van der Waals surface area contributed by atoms with Crippen LogP contribution >= 0.6 is 27.3 Å². The molecule has 0 atom stereocenters. The smallest absolute Gasteiger partial charge is 0.306 e. The highest BCUT2D eigenvalue weighted by atomic mass is 79.9. The van der Waals surface area contributed by atoms with Crippen molar-refractivity contribution in [1.82, 2.24) is 4.98 Å². The third-order valence-corrected chi connectivity index (χ3v) is 4.43. The molecule has 0 amide bonds. The lowest BCUT2D eigenvalue weighted by atomic mass is 10.0. The van der Waals surface area contributed by atoms with E-state index in [4.69, 9.17) is 4.74 Å². The average Bonchev–Trinajstić information content (AvgIpc) is 2.83. The van der Waals surface area contributed by atoms with Gasteiger partial charge in [0.05, 0.1) is 16.6 Å². The van der Waals surface area contributed by atoms with Crippen molar-refractivity contribution in [1.29, 1.82) is 0 Å². The van der Waals surface area contributed by atoms with Crippen molar-refractivity contribution in [3.8, 4) is 10.6 Å². The minimum Gasteiger partial charge on any atom is -0.466 e. The molecule has 106 valence electrons. The molecule has 3 nitrogen and oxygen atoms in total. The van der Waals surface area contributed by atoms with Crippen LogP contribution in [0.4, 0.5) is 0 Å². The molecular weight excluding hydrogens is 338 g/mol. The van der Waals surface area contributed by atoms with Gasteiger partial charge in [-0.15, -0.1) is 11.3 Å². The summed E-state index contributed by atoms with van der Waals surface area (Å²) in [5, 5.41) is 1.01. The molecule has 0 N–H and O–H groups in total. The third-order valence-electron chi connectivity index (χ3n) is 2.92. The average molecular weight is 354 g/mol. The second-order valence-electron chi connectivity index (χ2n) is 4.42. The van der Waals surface area contributed by atoms with Crippen LogP contribution in [-0.2, 0) is 16.0 Å². The van der Waals surface area contributed by atoms with Crippen molar-refractivity contribution in [2.24, 2.45) is 0 Å². The van der Waals surface area contributed by atoms with Gasteiger partial charge in [-0.2, -0.15) is 0 Å². The maximum atomic E-state index is 11.4. The van der Waals surface area contributed by atoms with Crippen LogP contribution in [0.25, 0.3) is 10.6 Å². The lowest BCUT2D eigenvalue weighted by Crippen LogP contribution is -2.05. The predicted octanol–water partition coefficient (Wildman–Crippen LogP) is 4.38. The summed E-state index contributed by atoms with van der Waals surface area (Å²) >= 11 is 5.05. The van der Waals surface area contributed by atoms with Gasteiger partial charge >= 0.3 is 5.97 Å². The van der Waals surface area contributed by atoms with Crippen LogP contribution in [0.5, 0.6) is 0 Å². The molecule has 0 aliphatic carbocycles. The lowest BCUT2D eigenvalue weighted by molar-refractivity contribution is -0.143. The fourth-order valence-corrected chi connectivity index (χ4v) is 3.28. The Balaban J connectivity index is 2.08. The number of carbonyl (C=O) groups excluding carboxylic acids is 1. The first-order valence-corrected chi connectivity index (χ1v) is 8.08.